The maximum absolute atomic E-state index is 11.9. The van der Waals surface area contributed by atoms with Crippen LogP contribution in [0.3, 0.4) is 0 Å². The highest BCUT2D eigenvalue weighted by Gasteiger charge is 2.16. The molecule has 1 amide bonds. The summed E-state index contributed by atoms with van der Waals surface area (Å²) in [7, 11) is 0. The van der Waals surface area contributed by atoms with Crippen molar-refractivity contribution >= 4 is 11.7 Å². The van der Waals surface area contributed by atoms with E-state index < -0.39 is 11.7 Å². The first kappa shape index (κ1) is 16.1. The van der Waals surface area contributed by atoms with Crippen LogP contribution in [-0.4, -0.2) is 21.1 Å². The predicted molar refractivity (Wildman–Crippen MR) is 93.7 cm³/mol. The molecule has 0 saturated heterocycles. The molecule has 5 nitrogen and oxygen atoms in total. The van der Waals surface area contributed by atoms with Gasteiger partial charge in [-0.15, -0.1) is 0 Å². The molecule has 0 bridgehead atoms. The molecule has 0 saturated carbocycles. The molecular weight excluding hydrogens is 302 g/mol. The Bertz CT molecular complexity index is 829. The van der Waals surface area contributed by atoms with Crippen LogP contribution in [0.1, 0.15) is 26.3 Å². The largest absolute Gasteiger partial charge is 0.444 e. The van der Waals surface area contributed by atoms with Crippen molar-refractivity contribution < 1.29 is 9.53 Å². The molecule has 2 heterocycles. The Hall–Kier alpha value is -2.82. The van der Waals surface area contributed by atoms with Crippen molar-refractivity contribution in [2.45, 2.75) is 32.9 Å². The number of alkyl carbamates (subject to hydrolysis) is 1. The molecule has 1 N–H and O–H groups in total. The zero-order valence-corrected chi connectivity index (χ0v) is 14.1. The second-order valence-corrected chi connectivity index (χ2v) is 6.60. The number of aromatic nitrogens is 2. The Labute approximate surface area is 141 Å². The van der Waals surface area contributed by atoms with Crippen molar-refractivity contribution in [1.29, 1.82) is 0 Å². The van der Waals surface area contributed by atoms with Crippen molar-refractivity contribution in [3.05, 3.63) is 60.4 Å². The van der Waals surface area contributed by atoms with E-state index in [0.717, 1.165) is 22.5 Å². The van der Waals surface area contributed by atoms with Crippen LogP contribution < -0.4 is 5.32 Å². The molecule has 0 radical (unpaired) electrons. The van der Waals surface area contributed by atoms with E-state index in [1.165, 1.54) is 0 Å². The standard InChI is InChI=1S/C19H21N3O2/c1-19(2,3)24-18(23)20-12-14-8-4-5-9-15(14)16-13-22-11-7-6-10-17(22)21-16/h4-11,13H,12H2,1-3H3,(H,20,23). The van der Waals surface area contributed by atoms with Gasteiger partial charge in [0.25, 0.3) is 0 Å². The van der Waals surface area contributed by atoms with E-state index in [9.17, 15) is 4.79 Å². The quantitative estimate of drug-likeness (QED) is 0.792. The molecular formula is C19H21N3O2. The number of nitrogens with one attached hydrogen (secondary N) is 1. The fourth-order valence-electron chi connectivity index (χ4n) is 2.47. The van der Waals surface area contributed by atoms with Crippen LogP contribution in [0.15, 0.2) is 54.9 Å². The van der Waals surface area contributed by atoms with E-state index in [1.807, 2.05) is 80.0 Å². The number of carbonyl (C=O) groups excluding carboxylic acids is 1. The van der Waals surface area contributed by atoms with Crippen LogP contribution in [0.5, 0.6) is 0 Å². The van der Waals surface area contributed by atoms with Gasteiger partial charge in [-0.25, -0.2) is 9.78 Å². The third kappa shape index (κ3) is 3.74. The third-order valence-corrected chi connectivity index (χ3v) is 3.48. The van der Waals surface area contributed by atoms with Crippen LogP contribution in [0, 0.1) is 0 Å². The lowest BCUT2D eigenvalue weighted by Gasteiger charge is -2.20. The van der Waals surface area contributed by atoms with Crippen molar-refractivity contribution in [1.82, 2.24) is 14.7 Å². The molecule has 3 aromatic rings. The smallest absolute Gasteiger partial charge is 0.407 e. The van der Waals surface area contributed by atoms with E-state index in [2.05, 4.69) is 10.3 Å². The van der Waals surface area contributed by atoms with Crippen molar-refractivity contribution in [2.75, 3.05) is 0 Å². The summed E-state index contributed by atoms with van der Waals surface area (Å²) in [5.41, 5.74) is 3.25. The number of carbonyl (C=O) groups is 1. The predicted octanol–water partition coefficient (Wildman–Crippen LogP) is 4.03. The monoisotopic (exact) mass is 323 g/mol. The topological polar surface area (TPSA) is 55.6 Å². The molecule has 1 aromatic carbocycles. The number of fused-ring (bicyclic) bond motifs is 1. The summed E-state index contributed by atoms with van der Waals surface area (Å²) >= 11 is 0. The van der Waals surface area contributed by atoms with Gasteiger partial charge in [-0.3, -0.25) is 0 Å². The minimum Gasteiger partial charge on any atom is -0.444 e. The van der Waals surface area contributed by atoms with Crippen molar-refractivity contribution in [2.24, 2.45) is 0 Å². The van der Waals surface area contributed by atoms with Gasteiger partial charge in [-0.05, 0) is 38.5 Å². The van der Waals surface area contributed by atoms with Gasteiger partial charge >= 0.3 is 6.09 Å². The number of pyridine rings is 1. The minimum atomic E-state index is -0.509. The lowest BCUT2D eigenvalue weighted by atomic mass is 10.1. The normalized spacial score (nSPS) is 11.5. The molecule has 0 spiro atoms. The highest BCUT2D eigenvalue weighted by Crippen LogP contribution is 2.23. The summed E-state index contributed by atoms with van der Waals surface area (Å²) in [5.74, 6) is 0. The van der Waals surface area contributed by atoms with Gasteiger partial charge in [0, 0.05) is 24.5 Å². The first-order valence-electron chi connectivity index (χ1n) is 7.91. The number of ether oxygens (including phenoxy) is 1. The van der Waals surface area contributed by atoms with E-state index in [0.29, 0.717) is 6.54 Å². The third-order valence-electron chi connectivity index (χ3n) is 3.48. The molecule has 0 unspecified atom stereocenters. The highest BCUT2D eigenvalue weighted by molar-refractivity contribution is 5.70. The summed E-state index contributed by atoms with van der Waals surface area (Å²) < 4.78 is 7.26. The molecule has 0 atom stereocenters. The molecule has 24 heavy (non-hydrogen) atoms. The second kappa shape index (κ2) is 6.35. The van der Waals surface area contributed by atoms with Gasteiger partial charge in [0.1, 0.15) is 11.2 Å². The molecule has 2 aromatic heterocycles. The van der Waals surface area contributed by atoms with E-state index >= 15 is 0 Å². The maximum atomic E-state index is 11.9. The summed E-state index contributed by atoms with van der Waals surface area (Å²) in [6, 6.07) is 13.8. The molecule has 0 aliphatic rings. The van der Waals surface area contributed by atoms with Crippen LogP contribution in [0.2, 0.25) is 0 Å². The lowest BCUT2D eigenvalue weighted by molar-refractivity contribution is 0.0523. The maximum Gasteiger partial charge on any atom is 0.407 e. The van der Waals surface area contributed by atoms with Gasteiger partial charge in [-0.2, -0.15) is 0 Å². The summed E-state index contributed by atoms with van der Waals surface area (Å²) in [4.78, 5) is 16.5. The van der Waals surface area contributed by atoms with Crippen LogP contribution in [-0.2, 0) is 11.3 Å². The summed E-state index contributed by atoms with van der Waals surface area (Å²) in [6.07, 6.45) is 3.53. The molecule has 5 heteroatoms. The Morgan fingerprint density at radius 3 is 2.67 bits per heavy atom. The summed E-state index contributed by atoms with van der Waals surface area (Å²) in [6.45, 7) is 5.92. The fraction of sp³-hybridized carbons (Fsp3) is 0.263. The van der Waals surface area contributed by atoms with E-state index in [1.54, 1.807) is 0 Å². The van der Waals surface area contributed by atoms with Gasteiger partial charge in [0.05, 0.1) is 5.69 Å². The number of benzene rings is 1. The van der Waals surface area contributed by atoms with Crippen LogP contribution >= 0.6 is 0 Å². The van der Waals surface area contributed by atoms with E-state index in [-0.39, 0.29) is 0 Å². The Kier molecular flexibility index (Phi) is 4.25. The second-order valence-electron chi connectivity index (χ2n) is 6.60. The highest BCUT2D eigenvalue weighted by atomic mass is 16.6. The SMILES string of the molecule is CC(C)(C)OC(=O)NCc1ccccc1-c1cn2ccccc2n1. The molecule has 0 aliphatic heterocycles. The van der Waals surface area contributed by atoms with Gasteiger partial charge in [0.2, 0.25) is 0 Å². The first-order valence-corrected chi connectivity index (χ1v) is 7.91. The van der Waals surface area contributed by atoms with Gasteiger partial charge < -0.3 is 14.5 Å². The number of imidazole rings is 1. The Morgan fingerprint density at radius 2 is 1.92 bits per heavy atom. The van der Waals surface area contributed by atoms with Gasteiger partial charge in [-0.1, -0.05) is 30.3 Å². The zero-order chi connectivity index (χ0) is 17.2. The minimum absolute atomic E-state index is 0.388. The number of rotatable bonds is 3. The zero-order valence-electron chi connectivity index (χ0n) is 14.1. The van der Waals surface area contributed by atoms with Crippen LogP contribution in [0.25, 0.3) is 16.9 Å². The molecule has 0 fully saturated rings. The molecule has 124 valence electrons. The van der Waals surface area contributed by atoms with E-state index in [4.69, 9.17) is 4.74 Å². The van der Waals surface area contributed by atoms with Crippen molar-refractivity contribution in [3.63, 3.8) is 0 Å². The van der Waals surface area contributed by atoms with Crippen molar-refractivity contribution in [3.8, 4) is 11.3 Å². The number of amides is 1. The molecule has 3 rings (SSSR count). The van der Waals surface area contributed by atoms with Gasteiger partial charge in [0.15, 0.2) is 0 Å². The summed E-state index contributed by atoms with van der Waals surface area (Å²) in [5, 5.41) is 2.80. The number of hydrogen-bond acceptors (Lipinski definition) is 3. The van der Waals surface area contributed by atoms with Crippen LogP contribution in [0.4, 0.5) is 4.79 Å². The number of nitrogens with zero attached hydrogens (tertiary/aromatic N) is 2. The average molecular weight is 323 g/mol. The Balaban J connectivity index is 1.82. The molecule has 0 aliphatic carbocycles. The average Bonchev–Trinajstić information content (AvgIpc) is 2.95. The Morgan fingerprint density at radius 1 is 1.17 bits per heavy atom. The number of hydrogen-bond donors (Lipinski definition) is 1. The first-order chi connectivity index (χ1) is 11.4. The fourth-order valence-corrected chi connectivity index (χ4v) is 2.47. The lowest BCUT2D eigenvalue weighted by Crippen LogP contribution is -2.32.